The van der Waals surface area contributed by atoms with Crippen molar-refractivity contribution in [1.29, 1.82) is 0 Å². The van der Waals surface area contributed by atoms with E-state index in [-0.39, 0.29) is 12.2 Å². The van der Waals surface area contributed by atoms with Crippen LogP contribution in [-0.2, 0) is 4.74 Å². The largest absolute Gasteiger partial charge is 0.390 e. The molecule has 2 heteroatoms. The van der Waals surface area contributed by atoms with Gasteiger partial charge in [0.05, 0.1) is 12.2 Å². The molecular weight excluding hydrogens is 224 g/mol. The number of ether oxygens (including phenoxy) is 1. The van der Waals surface area contributed by atoms with E-state index < -0.39 is 0 Å². The predicted octanol–water partition coefficient (Wildman–Crippen LogP) is 3.21. The van der Waals surface area contributed by atoms with Crippen molar-refractivity contribution < 1.29 is 9.84 Å². The molecular formula is C16H24O2. The van der Waals surface area contributed by atoms with Crippen LogP contribution in [0.25, 0.3) is 0 Å². The highest BCUT2D eigenvalue weighted by Crippen LogP contribution is 2.50. The highest BCUT2D eigenvalue weighted by atomic mass is 16.5. The fourth-order valence-corrected chi connectivity index (χ4v) is 2.80. The lowest BCUT2D eigenvalue weighted by molar-refractivity contribution is -0.0660. The normalized spacial score (nSPS) is 26.1. The number of hydrogen-bond donors (Lipinski definition) is 1. The summed E-state index contributed by atoms with van der Waals surface area (Å²) in [6.45, 7) is 6.89. The Morgan fingerprint density at radius 3 is 2.50 bits per heavy atom. The molecule has 0 heterocycles. The van der Waals surface area contributed by atoms with Crippen molar-refractivity contribution >= 4 is 0 Å². The molecule has 0 radical (unpaired) electrons. The Labute approximate surface area is 110 Å². The van der Waals surface area contributed by atoms with E-state index in [0.717, 1.165) is 6.42 Å². The van der Waals surface area contributed by atoms with Crippen molar-refractivity contribution in [3.05, 3.63) is 35.9 Å². The average Bonchev–Trinajstić information content (AvgIpc) is 3.16. The first kappa shape index (κ1) is 13.6. The molecule has 1 fully saturated rings. The van der Waals surface area contributed by atoms with Gasteiger partial charge in [-0.3, -0.25) is 0 Å². The second kappa shape index (κ2) is 5.85. The van der Waals surface area contributed by atoms with Gasteiger partial charge in [0.15, 0.2) is 0 Å². The highest BCUT2D eigenvalue weighted by molar-refractivity contribution is 5.26. The Kier molecular flexibility index (Phi) is 4.41. The Morgan fingerprint density at radius 2 is 1.94 bits per heavy atom. The summed E-state index contributed by atoms with van der Waals surface area (Å²) in [5.41, 5.74) is 1.35. The lowest BCUT2D eigenvalue weighted by Crippen LogP contribution is -2.35. The first-order valence-electron chi connectivity index (χ1n) is 6.99. The van der Waals surface area contributed by atoms with Gasteiger partial charge in [0.2, 0.25) is 0 Å². The predicted molar refractivity (Wildman–Crippen MR) is 73.5 cm³/mol. The van der Waals surface area contributed by atoms with Gasteiger partial charge in [-0.05, 0) is 36.7 Å². The van der Waals surface area contributed by atoms with Crippen LogP contribution in [0.1, 0.15) is 38.7 Å². The molecule has 18 heavy (non-hydrogen) atoms. The minimum atomic E-state index is -0.338. The van der Waals surface area contributed by atoms with Crippen LogP contribution in [0.2, 0.25) is 0 Å². The van der Waals surface area contributed by atoms with Crippen molar-refractivity contribution in [3.63, 3.8) is 0 Å². The maximum atomic E-state index is 10.5. The van der Waals surface area contributed by atoms with Crippen LogP contribution in [-0.4, -0.2) is 23.9 Å². The van der Waals surface area contributed by atoms with E-state index in [2.05, 4.69) is 38.1 Å². The summed E-state index contributed by atoms with van der Waals surface area (Å²) < 4.78 is 5.70. The molecule has 1 N–H and O–H groups in total. The van der Waals surface area contributed by atoms with Gasteiger partial charge < -0.3 is 9.84 Å². The van der Waals surface area contributed by atoms with Gasteiger partial charge in [-0.25, -0.2) is 0 Å². The van der Waals surface area contributed by atoms with Crippen molar-refractivity contribution in [2.24, 2.45) is 11.8 Å². The maximum absolute atomic E-state index is 10.5. The Morgan fingerprint density at radius 1 is 1.28 bits per heavy atom. The van der Waals surface area contributed by atoms with Crippen LogP contribution >= 0.6 is 0 Å². The highest BCUT2D eigenvalue weighted by Gasteiger charge is 2.46. The fourth-order valence-electron chi connectivity index (χ4n) is 2.80. The van der Waals surface area contributed by atoms with Crippen molar-refractivity contribution in [2.75, 3.05) is 6.61 Å². The topological polar surface area (TPSA) is 29.5 Å². The van der Waals surface area contributed by atoms with Crippen LogP contribution in [0.5, 0.6) is 0 Å². The molecule has 1 saturated carbocycles. The molecule has 0 spiro atoms. The smallest absolute Gasteiger partial charge is 0.0859 e. The zero-order valence-electron chi connectivity index (χ0n) is 11.5. The van der Waals surface area contributed by atoms with Crippen LogP contribution in [0.3, 0.4) is 0 Å². The molecule has 0 amide bonds. The number of benzene rings is 1. The minimum Gasteiger partial charge on any atom is -0.390 e. The molecule has 0 saturated heterocycles. The SMILES string of the molecule is CCOC(C(C)C)C(O)C1CC1c1ccccc1. The van der Waals surface area contributed by atoms with E-state index in [1.807, 2.05) is 13.0 Å². The van der Waals surface area contributed by atoms with Crippen LogP contribution in [0, 0.1) is 11.8 Å². The van der Waals surface area contributed by atoms with Gasteiger partial charge in [-0.15, -0.1) is 0 Å². The second-order valence-electron chi connectivity index (χ2n) is 5.57. The van der Waals surface area contributed by atoms with Crippen molar-refractivity contribution in [3.8, 4) is 0 Å². The van der Waals surface area contributed by atoms with Crippen molar-refractivity contribution in [2.45, 2.75) is 45.3 Å². The lowest BCUT2D eigenvalue weighted by atomic mass is 9.96. The van der Waals surface area contributed by atoms with E-state index in [1.165, 1.54) is 5.56 Å². The third kappa shape index (κ3) is 2.93. The monoisotopic (exact) mass is 248 g/mol. The van der Waals surface area contributed by atoms with Crippen molar-refractivity contribution in [1.82, 2.24) is 0 Å². The third-order valence-corrected chi connectivity index (χ3v) is 3.86. The standard InChI is InChI=1S/C16H24O2/c1-4-18-16(11(2)3)15(17)14-10-13(14)12-8-6-5-7-9-12/h5-9,11,13-17H,4,10H2,1-3H3. The van der Waals surface area contributed by atoms with E-state index in [0.29, 0.717) is 24.4 Å². The summed E-state index contributed by atoms with van der Waals surface area (Å²) >= 11 is 0. The summed E-state index contributed by atoms with van der Waals surface area (Å²) in [7, 11) is 0. The quantitative estimate of drug-likeness (QED) is 0.837. The lowest BCUT2D eigenvalue weighted by Gasteiger charge is -2.26. The molecule has 1 aliphatic carbocycles. The first-order chi connectivity index (χ1) is 8.65. The zero-order valence-corrected chi connectivity index (χ0v) is 11.5. The van der Waals surface area contributed by atoms with Gasteiger partial charge in [-0.2, -0.15) is 0 Å². The fraction of sp³-hybridized carbons (Fsp3) is 0.625. The van der Waals surface area contributed by atoms with Gasteiger partial charge in [-0.1, -0.05) is 44.2 Å². The van der Waals surface area contributed by atoms with Gasteiger partial charge >= 0.3 is 0 Å². The number of rotatable bonds is 6. The molecule has 100 valence electrons. The summed E-state index contributed by atoms with van der Waals surface area (Å²) in [5.74, 6) is 1.24. The van der Waals surface area contributed by atoms with E-state index >= 15 is 0 Å². The van der Waals surface area contributed by atoms with E-state index in [1.54, 1.807) is 0 Å². The molecule has 1 aromatic carbocycles. The Balaban J connectivity index is 1.97. The molecule has 1 aliphatic rings. The number of aliphatic hydroxyl groups excluding tert-OH is 1. The number of aliphatic hydroxyl groups is 1. The first-order valence-corrected chi connectivity index (χ1v) is 6.99. The molecule has 0 aliphatic heterocycles. The third-order valence-electron chi connectivity index (χ3n) is 3.86. The maximum Gasteiger partial charge on any atom is 0.0859 e. The van der Waals surface area contributed by atoms with Gasteiger partial charge in [0.25, 0.3) is 0 Å². The summed E-state index contributed by atoms with van der Waals surface area (Å²) in [6, 6.07) is 10.5. The molecule has 0 bridgehead atoms. The average molecular weight is 248 g/mol. The Bertz CT molecular complexity index is 361. The van der Waals surface area contributed by atoms with Crippen LogP contribution < -0.4 is 0 Å². The molecule has 4 unspecified atom stereocenters. The van der Waals surface area contributed by atoms with Crippen LogP contribution in [0.4, 0.5) is 0 Å². The number of hydrogen-bond acceptors (Lipinski definition) is 2. The zero-order chi connectivity index (χ0) is 13.1. The minimum absolute atomic E-state index is 0.0336. The summed E-state index contributed by atoms with van der Waals surface area (Å²) in [6.07, 6.45) is 0.713. The summed E-state index contributed by atoms with van der Waals surface area (Å²) in [4.78, 5) is 0. The molecule has 4 atom stereocenters. The van der Waals surface area contributed by atoms with E-state index in [4.69, 9.17) is 4.74 Å². The molecule has 1 aromatic rings. The molecule has 2 nitrogen and oxygen atoms in total. The van der Waals surface area contributed by atoms with Gasteiger partial charge in [0.1, 0.15) is 0 Å². The van der Waals surface area contributed by atoms with E-state index in [9.17, 15) is 5.11 Å². The molecule has 2 rings (SSSR count). The summed E-state index contributed by atoms with van der Waals surface area (Å²) in [5, 5.41) is 10.5. The van der Waals surface area contributed by atoms with Crippen LogP contribution in [0.15, 0.2) is 30.3 Å². The Hall–Kier alpha value is -0.860. The second-order valence-corrected chi connectivity index (χ2v) is 5.57. The van der Waals surface area contributed by atoms with Gasteiger partial charge in [0, 0.05) is 6.61 Å². The molecule has 0 aromatic heterocycles.